The van der Waals surface area contributed by atoms with E-state index in [0.717, 1.165) is 39.0 Å². The van der Waals surface area contributed by atoms with Gasteiger partial charge in [-0.05, 0) is 12.8 Å². The van der Waals surface area contributed by atoms with Crippen molar-refractivity contribution in [3.8, 4) is 0 Å². The van der Waals surface area contributed by atoms with Crippen LogP contribution >= 0.6 is 0 Å². The molecule has 1 atom stereocenters. The van der Waals surface area contributed by atoms with Crippen LogP contribution in [0.4, 0.5) is 0 Å². The van der Waals surface area contributed by atoms with Crippen LogP contribution in [0.3, 0.4) is 0 Å². The van der Waals surface area contributed by atoms with Crippen molar-refractivity contribution in [1.29, 1.82) is 0 Å². The van der Waals surface area contributed by atoms with E-state index in [0.29, 0.717) is 17.9 Å². The van der Waals surface area contributed by atoms with Gasteiger partial charge in [0, 0.05) is 38.6 Å². The molecule has 0 aliphatic carbocycles. The van der Waals surface area contributed by atoms with Crippen molar-refractivity contribution in [3.05, 3.63) is 0 Å². The summed E-state index contributed by atoms with van der Waals surface area (Å²) in [5, 5.41) is 0. The van der Waals surface area contributed by atoms with Crippen LogP contribution in [0.5, 0.6) is 0 Å². The summed E-state index contributed by atoms with van der Waals surface area (Å²) in [6, 6.07) is 0.179. The molecule has 0 spiro atoms. The minimum absolute atomic E-state index is 0.179. The van der Waals surface area contributed by atoms with Gasteiger partial charge in [0.05, 0.1) is 11.5 Å². The van der Waals surface area contributed by atoms with Gasteiger partial charge in [0.1, 0.15) is 0 Å². The fourth-order valence-electron chi connectivity index (χ4n) is 2.77. The Morgan fingerprint density at radius 3 is 2.39 bits per heavy atom. The van der Waals surface area contributed by atoms with Gasteiger partial charge in [-0.25, -0.2) is 8.42 Å². The predicted octanol–water partition coefficient (Wildman–Crippen LogP) is 0.118. The number of rotatable bonds is 3. The number of piperazine rings is 1. The normalized spacial score (nSPS) is 28.5. The van der Waals surface area contributed by atoms with E-state index < -0.39 is 9.84 Å². The topological polar surface area (TPSA) is 57.7 Å². The van der Waals surface area contributed by atoms with E-state index in [-0.39, 0.29) is 11.9 Å². The minimum atomic E-state index is -2.81. The number of hydrogen-bond donors (Lipinski definition) is 0. The van der Waals surface area contributed by atoms with Crippen LogP contribution in [0.1, 0.15) is 26.2 Å². The second kappa shape index (κ2) is 5.57. The van der Waals surface area contributed by atoms with Crippen molar-refractivity contribution in [2.75, 3.05) is 37.7 Å². The number of sulfone groups is 1. The van der Waals surface area contributed by atoms with Crippen molar-refractivity contribution in [2.45, 2.75) is 32.2 Å². The maximum atomic E-state index is 11.7. The fraction of sp³-hybridized carbons (Fsp3) is 0.917. The van der Waals surface area contributed by atoms with E-state index in [1.807, 2.05) is 11.8 Å². The predicted molar refractivity (Wildman–Crippen MR) is 70.1 cm³/mol. The largest absolute Gasteiger partial charge is 0.340 e. The lowest BCUT2D eigenvalue weighted by Gasteiger charge is -2.37. The molecule has 18 heavy (non-hydrogen) atoms. The Morgan fingerprint density at radius 1 is 1.22 bits per heavy atom. The first-order valence-electron chi connectivity index (χ1n) is 6.74. The SMILES string of the molecule is CCCC(=O)N1CCN(C2CCS(=O)(=O)C2)CC1. The summed E-state index contributed by atoms with van der Waals surface area (Å²) in [7, 11) is -2.81. The molecule has 0 radical (unpaired) electrons. The molecule has 1 unspecified atom stereocenters. The molecule has 2 fully saturated rings. The molecule has 0 bridgehead atoms. The molecule has 2 aliphatic heterocycles. The van der Waals surface area contributed by atoms with Crippen molar-refractivity contribution < 1.29 is 13.2 Å². The van der Waals surface area contributed by atoms with Gasteiger partial charge in [0.25, 0.3) is 0 Å². The summed E-state index contributed by atoms with van der Waals surface area (Å²) in [6.45, 7) is 5.13. The van der Waals surface area contributed by atoms with Crippen molar-refractivity contribution in [3.63, 3.8) is 0 Å². The number of hydrogen-bond acceptors (Lipinski definition) is 4. The van der Waals surface area contributed by atoms with Crippen molar-refractivity contribution in [2.24, 2.45) is 0 Å². The molecule has 0 aromatic rings. The van der Waals surface area contributed by atoms with Crippen LogP contribution in [0, 0.1) is 0 Å². The third kappa shape index (κ3) is 3.23. The Balaban J connectivity index is 1.82. The molecule has 2 heterocycles. The highest BCUT2D eigenvalue weighted by Crippen LogP contribution is 2.19. The van der Waals surface area contributed by atoms with Gasteiger partial charge in [-0.15, -0.1) is 0 Å². The lowest BCUT2D eigenvalue weighted by Crippen LogP contribution is -2.52. The van der Waals surface area contributed by atoms with E-state index >= 15 is 0 Å². The number of carbonyl (C=O) groups excluding carboxylic acids is 1. The van der Waals surface area contributed by atoms with E-state index in [1.165, 1.54) is 0 Å². The highest BCUT2D eigenvalue weighted by molar-refractivity contribution is 7.91. The summed E-state index contributed by atoms with van der Waals surface area (Å²) in [5.74, 6) is 0.860. The maximum Gasteiger partial charge on any atom is 0.222 e. The van der Waals surface area contributed by atoms with Crippen LogP contribution in [0.2, 0.25) is 0 Å². The minimum Gasteiger partial charge on any atom is -0.340 e. The Labute approximate surface area is 109 Å². The smallest absolute Gasteiger partial charge is 0.222 e. The first-order valence-corrected chi connectivity index (χ1v) is 8.56. The first kappa shape index (κ1) is 13.8. The van der Waals surface area contributed by atoms with Gasteiger partial charge < -0.3 is 4.90 Å². The Hall–Kier alpha value is -0.620. The molecule has 0 N–H and O–H groups in total. The maximum absolute atomic E-state index is 11.7. The molecule has 6 heteroatoms. The molecule has 0 aromatic carbocycles. The fourth-order valence-corrected chi connectivity index (χ4v) is 4.53. The molecule has 2 rings (SSSR count). The van der Waals surface area contributed by atoms with Gasteiger partial charge in [0.15, 0.2) is 9.84 Å². The zero-order chi connectivity index (χ0) is 13.2. The molecule has 1 amide bonds. The number of amides is 1. The second-order valence-corrected chi connectivity index (χ2v) is 7.45. The Morgan fingerprint density at radius 2 is 1.89 bits per heavy atom. The van der Waals surface area contributed by atoms with Crippen LogP contribution in [-0.2, 0) is 14.6 Å². The van der Waals surface area contributed by atoms with E-state index in [1.54, 1.807) is 0 Å². The number of nitrogens with zero attached hydrogens (tertiary/aromatic N) is 2. The lowest BCUT2D eigenvalue weighted by molar-refractivity contribution is -0.133. The zero-order valence-electron chi connectivity index (χ0n) is 11.0. The molecule has 104 valence electrons. The summed E-state index contributed by atoms with van der Waals surface area (Å²) in [6.07, 6.45) is 2.27. The molecule has 5 nitrogen and oxygen atoms in total. The molecular formula is C12H22N2O3S. The van der Waals surface area contributed by atoms with Gasteiger partial charge >= 0.3 is 0 Å². The van der Waals surface area contributed by atoms with Crippen molar-refractivity contribution in [1.82, 2.24) is 9.80 Å². The summed E-state index contributed by atoms with van der Waals surface area (Å²) in [5.41, 5.74) is 0. The highest BCUT2D eigenvalue weighted by Gasteiger charge is 2.34. The van der Waals surface area contributed by atoms with Crippen LogP contribution in [-0.4, -0.2) is 67.9 Å². The van der Waals surface area contributed by atoms with Crippen LogP contribution in [0.25, 0.3) is 0 Å². The molecular weight excluding hydrogens is 252 g/mol. The van der Waals surface area contributed by atoms with E-state index in [2.05, 4.69) is 4.90 Å². The standard InChI is InChI=1S/C12H22N2O3S/c1-2-3-12(15)14-7-5-13(6-8-14)11-4-9-18(16,17)10-11/h11H,2-10H2,1H3. The highest BCUT2D eigenvalue weighted by atomic mass is 32.2. The Kier molecular flexibility index (Phi) is 4.27. The molecule has 2 aliphatic rings. The monoisotopic (exact) mass is 274 g/mol. The number of carbonyl (C=O) groups is 1. The molecule has 0 saturated carbocycles. The van der Waals surface area contributed by atoms with Gasteiger partial charge in [-0.1, -0.05) is 6.92 Å². The van der Waals surface area contributed by atoms with Crippen LogP contribution in [0.15, 0.2) is 0 Å². The average Bonchev–Trinajstić information content (AvgIpc) is 2.70. The third-order valence-electron chi connectivity index (χ3n) is 3.86. The summed E-state index contributed by atoms with van der Waals surface area (Å²) in [4.78, 5) is 15.9. The van der Waals surface area contributed by atoms with Gasteiger partial charge in [0.2, 0.25) is 5.91 Å². The van der Waals surface area contributed by atoms with E-state index in [9.17, 15) is 13.2 Å². The molecule has 0 aromatic heterocycles. The van der Waals surface area contributed by atoms with Gasteiger partial charge in [-0.3, -0.25) is 9.69 Å². The van der Waals surface area contributed by atoms with Crippen LogP contribution < -0.4 is 0 Å². The van der Waals surface area contributed by atoms with Crippen molar-refractivity contribution >= 4 is 15.7 Å². The Bertz CT molecular complexity index is 400. The second-order valence-electron chi connectivity index (χ2n) is 5.22. The summed E-state index contributed by atoms with van der Waals surface area (Å²) < 4.78 is 22.9. The zero-order valence-corrected chi connectivity index (χ0v) is 11.8. The molecule has 2 saturated heterocycles. The average molecular weight is 274 g/mol. The first-order chi connectivity index (χ1) is 8.52. The van der Waals surface area contributed by atoms with E-state index in [4.69, 9.17) is 0 Å². The van der Waals surface area contributed by atoms with Gasteiger partial charge in [-0.2, -0.15) is 0 Å². The quantitative estimate of drug-likeness (QED) is 0.733. The third-order valence-corrected chi connectivity index (χ3v) is 5.61. The summed E-state index contributed by atoms with van der Waals surface area (Å²) >= 11 is 0. The lowest BCUT2D eigenvalue weighted by atomic mass is 10.2.